The zero-order chi connectivity index (χ0) is 19.2. The van der Waals surface area contributed by atoms with Gasteiger partial charge in [-0.1, -0.05) is 0 Å². The summed E-state index contributed by atoms with van der Waals surface area (Å²) in [5.74, 6) is -0.636. The molecule has 11 nitrogen and oxygen atoms in total. The van der Waals surface area contributed by atoms with Crippen molar-refractivity contribution in [2.24, 2.45) is 5.92 Å². The third-order valence-corrected chi connectivity index (χ3v) is 5.77. The smallest absolute Gasteiger partial charge is 0.187 e. The summed E-state index contributed by atoms with van der Waals surface area (Å²) >= 11 is 0. The molecule has 0 radical (unpaired) electrons. The van der Waals surface area contributed by atoms with E-state index >= 15 is 0 Å². The number of hydrogen-bond acceptors (Lipinski definition) is 11. The molecular weight excluding hydrogens is 354 g/mol. The molecule has 3 rings (SSSR count). The maximum absolute atomic E-state index is 10.2. The van der Waals surface area contributed by atoms with Crippen LogP contribution >= 0.6 is 0 Å². The van der Waals surface area contributed by atoms with Gasteiger partial charge in [0.15, 0.2) is 6.29 Å². The van der Waals surface area contributed by atoms with Crippen LogP contribution in [0.4, 0.5) is 0 Å². The highest BCUT2D eigenvalue weighted by Crippen LogP contribution is 2.39. The first-order valence-electron chi connectivity index (χ1n) is 8.65. The molecule has 3 heterocycles. The maximum atomic E-state index is 10.2. The standard InChI is InChI=1S/C15H27NO10/c17-2-5-7(1-16-6(3-18)10(20)12(22)9(5)16)25-15-14(24)13(23)11(21)8(4-19)26-15/h5-15,17-24H,1-4H2/t5-,6-,7+,8-,9-,10-,11-,12-,13+,14-,15+/m1/s1. The largest absolute Gasteiger partial charge is 0.396 e. The molecule has 26 heavy (non-hydrogen) atoms. The first-order valence-corrected chi connectivity index (χ1v) is 8.65. The summed E-state index contributed by atoms with van der Waals surface area (Å²) < 4.78 is 11.0. The molecule has 152 valence electrons. The van der Waals surface area contributed by atoms with Crippen molar-refractivity contribution >= 4 is 0 Å². The van der Waals surface area contributed by atoms with E-state index in [0.29, 0.717) is 0 Å². The summed E-state index contributed by atoms with van der Waals surface area (Å²) in [4.78, 5) is 1.64. The molecule has 0 saturated carbocycles. The molecule has 3 aliphatic heterocycles. The van der Waals surface area contributed by atoms with Gasteiger partial charge in [0.2, 0.25) is 0 Å². The molecule has 0 aromatic heterocycles. The summed E-state index contributed by atoms with van der Waals surface area (Å²) in [6.45, 7) is -1.22. The van der Waals surface area contributed by atoms with Crippen molar-refractivity contribution in [3.63, 3.8) is 0 Å². The molecule has 0 unspecified atom stereocenters. The second-order valence-electron chi connectivity index (χ2n) is 7.14. The van der Waals surface area contributed by atoms with Gasteiger partial charge in [0.1, 0.15) is 24.4 Å². The van der Waals surface area contributed by atoms with Crippen LogP contribution in [-0.2, 0) is 9.47 Å². The van der Waals surface area contributed by atoms with Crippen LogP contribution in [0.2, 0.25) is 0 Å². The van der Waals surface area contributed by atoms with Crippen LogP contribution in [0.1, 0.15) is 0 Å². The number of ether oxygens (including phenoxy) is 2. The monoisotopic (exact) mass is 381 g/mol. The highest BCUT2D eigenvalue weighted by Gasteiger charge is 2.58. The molecule has 0 aliphatic carbocycles. The van der Waals surface area contributed by atoms with Gasteiger partial charge in [-0.05, 0) is 0 Å². The van der Waals surface area contributed by atoms with Crippen molar-refractivity contribution in [1.29, 1.82) is 0 Å². The first-order chi connectivity index (χ1) is 12.3. The van der Waals surface area contributed by atoms with Crippen molar-refractivity contribution in [2.45, 2.75) is 61.1 Å². The molecular formula is C15H27NO10. The molecule has 0 aromatic rings. The van der Waals surface area contributed by atoms with Crippen molar-refractivity contribution < 1.29 is 50.3 Å². The lowest BCUT2D eigenvalue weighted by atomic mass is 9.93. The van der Waals surface area contributed by atoms with E-state index in [2.05, 4.69) is 0 Å². The van der Waals surface area contributed by atoms with E-state index in [-0.39, 0.29) is 19.8 Å². The van der Waals surface area contributed by atoms with Crippen molar-refractivity contribution in [3.05, 3.63) is 0 Å². The zero-order valence-electron chi connectivity index (χ0n) is 14.0. The highest BCUT2D eigenvalue weighted by molar-refractivity contribution is 5.10. The number of nitrogens with zero attached hydrogens (tertiary/aromatic N) is 1. The van der Waals surface area contributed by atoms with Crippen LogP contribution in [0.25, 0.3) is 0 Å². The summed E-state index contributed by atoms with van der Waals surface area (Å²) in [6, 6.07) is -1.37. The lowest BCUT2D eigenvalue weighted by Gasteiger charge is -2.41. The van der Waals surface area contributed by atoms with E-state index in [0.717, 1.165) is 0 Å². The van der Waals surface area contributed by atoms with Gasteiger partial charge in [-0.3, -0.25) is 4.90 Å². The lowest BCUT2D eigenvalue weighted by Crippen LogP contribution is -2.60. The van der Waals surface area contributed by atoms with Gasteiger partial charge in [-0.2, -0.15) is 0 Å². The predicted octanol–water partition coefficient (Wildman–Crippen LogP) is -5.44. The molecule has 3 aliphatic rings. The highest BCUT2D eigenvalue weighted by atomic mass is 16.7. The fraction of sp³-hybridized carbons (Fsp3) is 1.00. The zero-order valence-corrected chi connectivity index (χ0v) is 14.0. The number of aliphatic hydroxyl groups is 8. The van der Waals surface area contributed by atoms with Crippen LogP contribution in [0, 0.1) is 5.92 Å². The Morgan fingerprint density at radius 1 is 0.808 bits per heavy atom. The third kappa shape index (κ3) is 3.16. The molecule has 0 spiro atoms. The topological polar surface area (TPSA) is 184 Å². The molecule has 3 saturated heterocycles. The summed E-state index contributed by atoms with van der Waals surface area (Å²) in [5, 5.41) is 78.5. The van der Waals surface area contributed by atoms with Crippen LogP contribution in [0.3, 0.4) is 0 Å². The number of hydrogen-bond donors (Lipinski definition) is 8. The predicted molar refractivity (Wildman–Crippen MR) is 82.6 cm³/mol. The van der Waals surface area contributed by atoms with Gasteiger partial charge in [0.25, 0.3) is 0 Å². The Morgan fingerprint density at radius 2 is 1.50 bits per heavy atom. The van der Waals surface area contributed by atoms with Crippen molar-refractivity contribution in [2.75, 3.05) is 26.4 Å². The van der Waals surface area contributed by atoms with Gasteiger partial charge in [0, 0.05) is 18.5 Å². The molecule has 8 N–H and O–H groups in total. The Hall–Kier alpha value is -0.440. The van der Waals surface area contributed by atoms with Gasteiger partial charge in [-0.15, -0.1) is 0 Å². The summed E-state index contributed by atoms with van der Waals surface area (Å²) in [6.07, 6.45) is -10.2. The first kappa shape index (κ1) is 20.3. The molecule has 11 heteroatoms. The van der Waals surface area contributed by atoms with Gasteiger partial charge >= 0.3 is 0 Å². The number of rotatable bonds is 5. The van der Waals surface area contributed by atoms with Crippen molar-refractivity contribution in [1.82, 2.24) is 4.90 Å². The number of fused-ring (bicyclic) bond motifs is 1. The Balaban J connectivity index is 1.74. The van der Waals surface area contributed by atoms with Crippen LogP contribution < -0.4 is 0 Å². The van der Waals surface area contributed by atoms with Gasteiger partial charge < -0.3 is 50.3 Å². The fourth-order valence-corrected chi connectivity index (χ4v) is 4.30. The second kappa shape index (κ2) is 7.89. The average molecular weight is 381 g/mol. The minimum absolute atomic E-state index is 0.143. The van der Waals surface area contributed by atoms with Gasteiger partial charge in [0.05, 0.1) is 44.2 Å². The summed E-state index contributed by atoms with van der Waals surface area (Å²) in [5.41, 5.74) is 0. The lowest BCUT2D eigenvalue weighted by molar-refractivity contribution is -0.313. The molecule has 0 amide bonds. The normalized spacial score (nSPS) is 52.4. The van der Waals surface area contributed by atoms with Crippen molar-refractivity contribution in [3.8, 4) is 0 Å². The maximum Gasteiger partial charge on any atom is 0.187 e. The number of aliphatic hydroxyl groups excluding tert-OH is 8. The van der Waals surface area contributed by atoms with E-state index in [1.807, 2.05) is 0 Å². The fourth-order valence-electron chi connectivity index (χ4n) is 4.30. The van der Waals surface area contributed by atoms with Gasteiger partial charge in [-0.25, -0.2) is 0 Å². The molecule has 0 bridgehead atoms. The SMILES string of the molecule is OC[C@H]1[C@@H]2[C@@H](O)[C@H](O)[C@@H](CO)N2C[C@@H]1O[C@H]1O[C@H](CO)[C@@H](O)[C@H](O)[C@H]1O. The Morgan fingerprint density at radius 3 is 2.08 bits per heavy atom. The van der Waals surface area contributed by atoms with E-state index in [1.165, 1.54) is 0 Å². The minimum Gasteiger partial charge on any atom is -0.396 e. The molecule has 11 atom stereocenters. The van der Waals surface area contributed by atoms with E-state index in [9.17, 15) is 40.9 Å². The van der Waals surface area contributed by atoms with Crippen LogP contribution in [0.15, 0.2) is 0 Å². The minimum atomic E-state index is -1.59. The van der Waals surface area contributed by atoms with Crippen LogP contribution in [0.5, 0.6) is 0 Å². The third-order valence-electron chi connectivity index (χ3n) is 5.77. The Kier molecular flexibility index (Phi) is 6.16. The quantitative estimate of drug-likeness (QED) is 0.227. The second-order valence-corrected chi connectivity index (χ2v) is 7.14. The van der Waals surface area contributed by atoms with Crippen LogP contribution in [-0.4, -0.2) is 133 Å². The average Bonchev–Trinajstić information content (AvgIpc) is 3.09. The summed E-state index contributed by atoms with van der Waals surface area (Å²) in [7, 11) is 0. The Labute approximate surface area is 149 Å². The Bertz CT molecular complexity index is 481. The van der Waals surface area contributed by atoms with E-state index in [4.69, 9.17) is 9.47 Å². The van der Waals surface area contributed by atoms with E-state index < -0.39 is 73.6 Å². The van der Waals surface area contributed by atoms with E-state index in [1.54, 1.807) is 4.90 Å². The molecule has 0 aromatic carbocycles. The molecule has 3 fully saturated rings.